The molecule has 2 aliphatic rings. The lowest BCUT2D eigenvalue weighted by atomic mass is 9.93. The second kappa shape index (κ2) is 10.7. The predicted octanol–water partition coefficient (Wildman–Crippen LogP) is 4.44. The Balaban J connectivity index is 1.16. The van der Waals surface area contributed by atoms with Crippen LogP contribution in [-0.4, -0.2) is 65.4 Å². The van der Waals surface area contributed by atoms with Gasteiger partial charge < -0.3 is 20.1 Å². The summed E-state index contributed by atoms with van der Waals surface area (Å²) >= 11 is 6.05. The lowest BCUT2D eigenvalue weighted by molar-refractivity contribution is -0.122. The highest BCUT2D eigenvalue weighted by Gasteiger charge is 2.26. The number of amides is 2. The van der Waals surface area contributed by atoms with Gasteiger partial charge in [-0.1, -0.05) is 18.0 Å². The lowest BCUT2D eigenvalue weighted by Crippen LogP contribution is -2.40. The molecule has 1 atom stereocenters. The maximum absolute atomic E-state index is 12.9. The fourth-order valence-electron chi connectivity index (χ4n) is 5.06. The van der Waals surface area contributed by atoms with E-state index in [2.05, 4.69) is 22.1 Å². The van der Waals surface area contributed by atoms with Crippen LogP contribution in [0.2, 0.25) is 5.02 Å². The summed E-state index contributed by atoms with van der Waals surface area (Å²) in [5.41, 5.74) is 1.51. The molecule has 2 fully saturated rings. The highest BCUT2D eigenvalue weighted by atomic mass is 35.5. The third-order valence-electron chi connectivity index (χ3n) is 7.07. The topological polar surface area (TPSA) is 68.4 Å². The first-order chi connectivity index (χ1) is 15.5. The van der Waals surface area contributed by atoms with Gasteiger partial charge in [0.2, 0.25) is 5.91 Å². The molecule has 0 radical (unpaired) electrons. The molecule has 0 aliphatic carbocycles. The van der Waals surface area contributed by atoms with Crippen LogP contribution in [0.5, 0.6) is 0 Å². The van der Waals surface area contributed by atoms with Gasteiger partial charge in [0.1, 0.15) is 5.69 Å². The van der Waals surface area contributed by atoms with E-state index in [1.54, 1.807) is 0 Å². The molecule has 2 amide bonds. The third-order valence-corrected chi connectivity index (χ3v) is 7.31. The Hall–Kier alpha value is -2.05. The van der Waals surface area contributed by atoms with Crippen LogP contribution in [0.25, 0.3) is 10.9 Å². The van der Waals surface area contributed by atoms with E-state index in [0.717, 1.165) is 43.3 Å². The van der Waals surface area contributed by atoms with Crippen LogP contribution in [0.4, 0.5) is 0 Å². The quantitative estimate of drug-likeness (QED) is 0.602. The van der Waals surface area contributed by atoms with Crippen molar-refractivity contribution >= 4 is 34.3 Å². The number of nitrogens with zero attached hydrogens (tertiary/aromatic N) is 2. The molecule has 6 nitrogen and oxygen atoms in total. The van der Waals surface area contributed by atoms with Gasteiger partial charge in [-0.2, -0.15) is 0 Å². The smallest absolute Gasteiger partial charge is 0.270 e. The Morgan fingerprint density at radius 3 is 2.72 bits per heavy atom. The number of halogens is 1. The Morgan fingerprint density at radius 2 is 1.94 bits per heavy atom. The van der Waals surface area contributed by atoms with Crippen LogP contribution in [0.15, 0.2) is 24.3 Å². The largest absolute Gasteiger partial charge is 0.356 e. The van der Waals surface area contributed by atoms with Crippen molar-refractivity contribution in [3.05, 3.63) is 35.0 Å². The normalized spacial score (nSPS) is 20.6. The van der Waals surface area contributed by atoms with Gasteiger partial charge in [-0.25, -0.2) is 0 Å². The van der Waals surface area contributed by atoms with Crippen LogP contribution in [0, 0.1) is 5.92 Å². The molecule has 2 saturated heterocycles. The number of H-pyrrole nitrogens is 1. The van der Waals surface area contributed by atoms with Gasteiger partial charge in [-0.15, -0.1) is 0 Å². The molecule has 2 aliphatic heterocycles. The molecule has 0 bridgehead atoms. The standard InChI is InChI=1S/C25H35ClN4O2/c1-18-5-2-3-11-29(18)12-4-10-27-24(31)15-19-8-13-30(14-9-19)25(32)23-17-20-16-21(26)6-7-22(20)28-23/h6-7,16-19,28H,2-5,8-15H2,1H3,(H,27,31)/t18-/m1/s1. The van der Waals surface area contributed by atoms with Gasteiger partial charge in [-0.05, 0) is 75.8 Å². The Labute approximate surface area is 195 Å². The molecule has 32 heavy (non-hydrogen) atoms. The number of fused-ring (bicyclic) bond motifs is 1. The van der Waals surface area contributed by atoms with Crippen LogP contribution >= 0.6 is 11.6 Å². The van der Waals surface area contributed by atoms with Crippen molar-refractivity contribution in [2.75, 3.05) is 32.7 Å². The Bertz CT molecular complexity index is 935. The first kappa shape index (κ1) is 23.1. The summed E-state index contributed by atoms with van der Waals surface area (Å²) in [7, 11) is 0. The first-order valence-electron chi connectivity index (χ1n) is 12.1. The monoisotopic (exact) mass is 458 g/mol. The van der Waals surface area contributed by atoms with Crippen molar-refractivity contribution in [3.63, 3.8) is 0 Å². The molecule has 4 rings (SSSR count). The minimum Gasteiger partial charge on any atom is -0.356 e. The van der Waals surface area contributed by atoms with Gasteiger partial charge in [0, 0.05) is 54.6 Å². The number of carbonyl (C=O) groups excluding carboxylic acids is 2. The number of carbonyl (C=O) groups is 2. The lowest BCUT2D eigenvalue weighted by Gasteiger charge is -2.33. The number of benzene rings is 1. The SMILES string of the molecule is C[C@@H]1CCCCN1CCCNC(=O)CC1CCN(C(=O)c2cc3cc(Cl)ccc3[nH]2)CC1. The minimum absolute atomic E-state index is 0.0205. The van der Waals surface area contributed by atoms with Crippen LogP contribution in [0.3, 0.4) is 0 Å². The number of nitrogens with one attached hydrogen (secondary N) is 2. The number of aromatic amines is 1. The highest BCUT2D eigenvalue weighted by molar-refractivity contribution is 6.31. The second-order valence-corrected chi connectivity index (χ2v) is 9.87. The second-order valence-electron chi connectivity index (χ2n) is 9.44. The van der Waals surface area contributed by atoms with Gasteiger partial charge >= 0.3 is 0 Å². The van der Waals surface area contributed by atoms with E-state index in [1.807, 2.05) is 29.2 Å². The Kier molecular flexibility index (Phi) is 7.74. The highest BCUT2D eigenvalue weighted by Crippen LogP contribution is 2.24. The molecule has 0 spiro atoms. The fourth-order valence-corrected chi connectivity index (χ4v) is 5.24. The van der Waals surface area contributed by atoms with Crippen molar-refractivity contribution in [1.82, 2.24) is 20.1 Å². The molecule has 7 heteroatoms. The van der Waals surface area contributed by atoms with E-state index < -0.39 is 0 Å². The van der Waals surface area contributed by atoms with Crippen molar-refractivity contribution in [3.8, 4) is 0 Å². The molecule has 1 aromatic heterocycles. The number of rotatable bonds is 7. The summed E-state index contributed by atoms with van der Waals surface area (Å²) in [6.07, 6.45) is 7.25. The van der Waals surface area contributed by atoms with Crippen LogP contribution in [-0.2, 0) is 4.79 Å². The number of piperidine rings is 2. The van der Waals surface area contributed by atoms with E-state index in [1.165, 1.54) is 25.8 Å². The van der Waals surface area contributed by atoms with E-state index >= 15 is 0 Å². The summed E-state index contributed by atoms with van der Waals surface area (Å²) in [5.74, 6) is 0.517. The van der Waals surface area contributed by atoms with Gasteiger partial charge in [-0.3, -0.25) is 9.59 Å². The zero-order valence-electron chi connectivity index (χ0n) is 19.0. The summed E-state index contributed by atoms with van der Waals surface area (Å²) < 4.78 is 0. The van der Waals surface area contributed by atoms with Crippen molar-refractivity contribution in [2.45, 2.75) is 57.9 Å². The van der Waals surface area contributed by atoms with Crippen LogP contribution < -0.4 is 5.32 Å². The van der Waals surface area contributed by atoms with E-state index in [9.17, 15) is 9.59 Å². The van der Waals surface area contributed by atoms with Gasteiger partial charge in [0.15, 0.2) is 0 Å². The van der Waals surface area contributed by atoms with E-state index in [0.29, 0.717) is 42.2 Å². The summed E-state index contributed by atoms with van der Waals surface area (Å²) in [5, 5.41) is 4.71. The summed E-state index contributed by atoms with van der Waals surface area (Å²) in [4.78, 5) is 32.9. The molecule has 0 unspecified atom stereocenters. The first-order valence-corrected chi connectivity index (χ1v) is 12.5. The zero-order chi connectivity index (χ0) is 22.5. The molecule has 1 aromatic carbocycles. The molecular formula is C25H35ClN4O2. The van der Waals surface area contributed by atoms with Crippen LogP contribution in [0.1, 0.15) is 62.4 Å². The minimum atomic E-state index is 0.0205. The maximum Gasteiger partial charge on any atom is 0.270 e. The molecule has 2 aromatic rings. The number of hydrogen-bond acceptors (Lipinski definition) is 3. The van der Waals surface area contributed by atoms with Crippen molar-refractivity contribution in [1.29, 1.82) is 0 Å². The number of aromatic nitrogens is 1. The predicted molar refractivity (Wildman–Crippen MR) is 129 cm³/mol. The number of likely N-dealkylation sites (tertiary alicyclic amines) is 2. The summed E-state index contributed by atoms with van der Waals surface area (Å²) in [6, 6.07) is 8.12. The zero-order valence-corrected chi connectivity index (χ0v) is 19.8. The van der Waals surface area contributed by atoms with Crippen molar-refractivity contribution < 1.29 is 9.59 Å². The Morgan fingerprint density at radius 1 is 1.12 bits per heavy atom. The average molecular weight is 459 g/mol. The third kappa shape index (κ3) is 5.84. The molecule has 2 N–H and O–H groups in total. The maximum atomic E-state index is 12.9. The summed E-state index contributed by atoms with van der Waals surface area (Å²) in [6.45, 7) is 6.71. The number of hydrogen-bond donors (Lipinski definition) is 2. The molecule has 0 saturated carbocycles. The van der Waals surface area contributed by atoms with E-state index in [-0.39, 0.29) is 11.8 Å². The fraction of sp³-hybridized carbons (Fsp3) is 0.600. The molecule has 3 heterocycles. The molecular weight excluding hydrogens is 424 g/mol. The molecule has 174 valence electrons. The van der Waals surface area contributed by atoms with Gasteiger partial charge in [0.05, 0.1) is 0 Å². The van der Waals surface area contributed by atoms with E-state index in [4.69, 9.17) is 11.6 Å². The van der Waals surface area contributed by atoms with Crippen molar-refractivity contribution in [2.24, 2.45) is 5.92 Å². The van der Waals surface area contributed by atoms with Gasteiger partial charge in [0.25, 0.3) is 5.91 Å². The average Bonchev–Trinajstić information content (AvgIpc) is 3.21.